The Morgan fingerprint density at radius 3 is 2.96 bits per heavy atom. The van der Waals surface area contributed by atoms with E-state index in [1.54, 1.807) is 7.11 Å². The van der Waals surface area contributed by atoms with Crippen molar-refractivity contribution in [3.05, 3.63) is 58.5 Å². The molecule has 2 aliphatic rings. The van der Waals surface area contributed by atoms with E-state index in [1.165, 1.54) is 23.2 Å². The van der Waals surface area contributed by atoms with E-state index in [2.05, 4.69) is 33.3 Å². The highest BCUT2D eigenvalue weighted by atomic mass is 16.5. The molecule has 1 aromatic carbocycles. The molecule has 3 aromatic rings. The number of rotatable bonds is 4. The summed E-state index contributed by atoms with van der Waals surface area (Å²) in [7, 11) is 1.64. The van der Waals surface area contributed by atoms with Crippen molar-refractivity contribution in [2.75, 3.05) is 7.11 Å². The van der Waals surface area contributed by atoms with Gasteiger partial charge in [-0.15, -0.1) is 0 Å². The van der Waals surface area contributed by atoms with Gasteiger partial charge in [0.05, 0.1) is 25.1 Å². The SMILES string of the molecule is COc1ccc(CN2[C@@H]3CC[C@@H]2c2cnc4cc(C)nn4c2C3)cc1CO. The molecule has 0 unspecified atom stereocenters. The van der Waals surface area contributed by atoms with Crippen LogP contribution < -0.4 is 4.74 Å². The first-order valence-corrected chi connectivity index (χ1v) is 9.54. The number of aryl methyl sites for hydroxylation is 1. The Morgan fingerprint density at radius 1 is 1.26 bits per heavy atom. The number of nitrogens with zero attached hydrogens (tertiary/aromatic N) is 4. The van der Waals surface area contributed by atoms with Crippen LogP contribution in [0.4, 0.5) is 0 Å². The first kappa shape index (κ1) is 16.7. The zero-order valence-corrected chi connectivity index (χ0v) is 15.7. The van der Waals surface area contributed by atoms with Gasteiger partial charge in [-0.3, -0.25) is 4.90 Å². The fourth-order valence-electron chi connectivity index (χ4n) is 4.81. The molecule has 0 saturated carbocycles. The molecule has 1 saturated heterocycles. The summed E-state index contributed by atoms with van der Waals surface area (Å²) in [4.78, 5) is 7.24. The van der Waals surface area contributed by atoms with Crippen LogP contribution in [0.15, 0.2) is 30.5 Å². The van der Waals surface area contributed by atoms with Crippen molar-refractivity contribution in [3.8, 4) is 5.75 Å². The van der Waals surface area contributed by atoms with Crippen molar-refractivity contribution in [3.63, 3.8) is 0 Å². The zero-order chi connectivity index (χ0) is 18.5. The van der Waals surface area contributed by atoms with Crippen LogP contribution in [0.25, 0.3) is 5.65 Å². The Kier molecular flexibility index (Phi) is 3.91. The average molecular weight is 364 g/mol. The fraction of sp³-hybridized carbons (Fsp3) is 0.429. The van der Waals surface area contributed by atoms with Crippen LogP contribution in [0.3, 0.4) is 0 Å². The summed E-state index contributed by atoms with van der Waals surface area (Å²) in [6, 6.07) is 9.08. The maximum Gasteiger partial charge on any atom is 0.155 e. The summed E-state index contributed by atoms with van der Waals surface area (Å²) in [5, 5.41) is 14.3. The van der Waals surface area contributed by atoms with Gasteiger partial charge in [-0.1, -0.05) is 6.07 Å². The van der Waals surface area contributed by atoms with Crippen molar-refractivity contribution in [1.29, 1.82) is 0 Å². The minimum Gasteiger partial charge on any atom is -0.496 e. The molecule has 2 atom stereocenters. The monoisotopic (exact) mass is 364 g/mol. The summed E-state index contributed by atoms with van der Waals surface area (Å²) in [6.45, 7) is 2.89. The van der Waals surface area contributed by atoms with Gasteiger partial charge in [-0.25, -0.2) is 9.50 Å². The molecule has 27 heavy (non-hydrogen) atoms. The van der Waals surface area contributed by atoms with Gasteiger partial charge in [0.25, 0.3) is 0 Å². The van der Waals surface area contributed by atoms with Gasteiger partial charge >= 0.3 is 0 Å². The molecule has 0 radical (unpaired) electrons. The number of hydrogen-bond acceptors (Lipinski definition) is 5. The number of aliphatic hydroxyl groups is 1. The average Bonchev–Trinajstić information content (AvgIpc) is 3.19. The maximum absolute atomic E-state index is 9.62. The predicted octanol–water partition coefficient (Wildman–Crippen LogP) is 2.80. The van der Waals surface area contributed by atoms with Crippen LogP contribution in [0.1, 0.15) is 47.0 Å². The van der Waals surface area contributed by atoms with Crippen LogP contribution in [0.5, 0.6) is 5.75 Å². The lowest BCUT2D eigenvalue weighted by Crippen LogP contribution is -2.38. The third-order valence-electron chi connectivity index (χ3n) is 6.05. The highest BCUT2D eigenvalue weighted by Gasteiger charge is 2.41. The van der Waals surface area contributed by atoms with Gasteiger partial charge in [0.2, 0.25) is 0 Å². The molecule has 2 bridgehead atoms. The largest absolute Gasteiger partial charge is 0.496 e. The minimum absolute atomic E-state index is 0.00669. The second-order valence-electron chi connectivity index (χ2n) is 7.64. The lowest BCUT2D eigenvalue weighted by molar-refractivity contribution is 0.165. The van der Waals surface area contributed by atoms with Crippen LogP contribution >= 0.6 is 0 Å². The molecule has 0 amide bonds. The number of hydrogen-bond donors (Lipinski definition) is 1. The van der Waals surface area contributed by atoms with Crippen molar-refractivity contribution in [1.82, 2.24) is 19.5 Å². The van der Waals surface area contributed by atoms with E-state index in [-0.39, 0.29) is 6.61 Å². The molecular weight excluding hydrogens is 340 g/mol. The topological polar surface area (TPSA) is 62.9 Å². The Labute approximate surface area is 158 Å². The number of benzene rings is 1. The van der Waals surface area contributed by atoms with Crippen molar-refractivity contribution in [2.45, 2.75) is 51.4 Å². The Hall–Kier alpha value is -2.44. The lowest BCUT2D eigenvalue weighted by Gasteiger charge is -2.36. The molecular formula is C21H24N4O2. The van der Waals surface area contributed by atoms with E-state index in [0.717, 1.165) is 42.0 Å². The second-order valence-corrected chi connectivity index (χ2v) is 7.64. The molecule has 1 fully saturated rings. The molecule has 6 heteroatoms. The summed E-state index contributed by atoms with van der Waals surface area (Å²) in [6.07, 6.45) is 5.42. The summed E-state index contributed by atoms with van der Waals surface area (Å²) >= 11 is 0. The van der Waals surface area contributed by atoms with E-state index < -0.39 is 0 Å². The van der Waals surface area contributed by atoms with Crippen LogP contribution in [0.2, 0.25) is 0 Å². The maximum atomic E-state index is 9.62. The molecule has 5 rings (SSSR count). The quantitative estimate of drug-likeness (QED) is 0.771. The van der Waals surface area contributed by atoms with Crippen molar-refractivity contribution in [2.24, 2.45) is 0 Å². The van der Waals surface area contributed by atoms with E-state index in [9.17, 15) is 5.11 Å². The van der Waals surface area contributed by atoms with Crippen LogP contribution in [-0.4, -0.2) is 37.8 Å². The van der Waals surface area contributed by atoms with Crippen molar-refractivity contribution < 1.29 is 9.84 Å². The molecule has 0 aliphatic carbocycles. The molecule has 6 nitrogen and oxygen atoms in total. The van der Waals surface area contributed by atoms with Gasteiger partial charge in [-0.2, -0.15) is 5.10 Å². The van der Waals surface area contributed by atoms with Gasteiger partial charge in [0, 0.05) is 48.4 Å². The molecule has 140 valence electrons. The smallest absolute Gasteiger partial charge is 0.155 e. The van der Waals surface area contributed by atoms with Gasteiger partial charge < -0.3 is 9.84 Å². The van der Waals surface area contributed by atoms with E-state index in [0.29, 0.717) is 12.1 Å². The number of methoxy groups -OCH3 is 1. The van der Waals surface area contributed by atoms with Crippen molar-refractivity contribution >= 4 is 5.65 Å². The van der Waals surface area contributed by atoms with Crippen LogP contribution in [0, 0.1) is 6.92 Å². The molecule has 2 aromatic heterocycles. The lowest BCUT2D eigenvalue weighted by atomic mass is 9.98. The summed E-state index contributed by atoms with van der Waals surface area (Å²) < 4.78 is 7.38. The summed E-state index contributed by atoms with van der Waals surface area (Å²) in [5.74, 6) is 0.744. The molecule has 0 spiro atoms. The Bertz CT molecular complexity index is 1010. The molecule has 4 heterocycles. The second kappa shape index (κ2) is 6.32. The van der Waals surface area contributed by atoms with Gasteiger partial charge in [0.15, 0.2) is 5.65 Å². The standard InChI is InChI=1S/C21H24N4O2/c1-13-7-21-22-10-17-18-5-4-16(9-19(17)25(21)23-13)24(18)11-14-3-6-20(27-2)15(8-14)12-26/h3,6-8,10,16,18,26H,4-5,9,11-12H2,1-2H3/t16-,18-/m1/s1. The number of aromatic nitrogens is 3. The first-order valence-electron chi connectivity index (χ1n) is 9.54. The normalized spacial score (nSPS) is 21.6. The zero-order valence-electron chi connectivity index (χ0n) is 15.7. The highest BCUT2D eigenvalue weighted by molar-refractivity contribution is 5.44. The third kappa shape index (κ3) is 2.63. The fourth-order valence-corrected chi connectivity index (χ4v) is 4.81. The van der Waals surface area contributed by atoms with Gasteiger partial charge in [0.1, 0.15) is 5.75 Å². The van der Waals surface area contributed by atoms with E-state index >= 15 is 0 Å². The summed E-state index contributed by atoms with van der Waals surface area (Å²) in [5.41, 5.74) is 6.65. The van der Waals surface area contributed by atoms with E-state index in [4.69, 9.17) is 4.74 Å². The van der Waals surface area contributed by atoms with E-state index in [1.807, 2.05) is 23.6 Å². The number of ether oxygens (including phenoxy) is 1. The third-order valence-corrected chi connectivity index (χ3v) is 6.05. The van der Waals surface area contributed by atoms with Gasteiger partial charge in [-0.05, 0) is 37.5 Å². The number of fused-ring (bicyclic) bond motifs is 6. The Morgan fingerprint density at radius 2 is 2.15 bits per heavy atom. The number of aliphatic hydroxyl groups excluding tert-OH is 1. The predicted molar refractivity (Wildman–Crippen MR) is 102 cm³/mol. The molecule has 2 aliphatic heterocycles. The Balaban J connectivity index is 1.49. The highest BCUT2D eigenvalue weighted by Crippen LogP contribution is 2.44. The first-order chi connectivity index (χ1) is 13.2. The molecule has 1 N–H and O–H groups in total. The van der Waals surface area contributed by atoms with Crippen LogP contribution in [-0.2, 0) is 19.6 Å². The minimum atomic E-state index is -0.00669.